The zero-order chi connectivity index (χ0) is 26.7. The number of nitrogens with zero attached hydrogens (tertiary/aromatic N) is 1. The van der Waals surface area contributed by atoms with Gasteiger partial charge in [-0.05, 0) is 82.9 Å². The van der Waals surface area contributed by atoms with E-state index >= 15 is 0 Å². The second-order valence-corrected chi connectivity index (χ2v) is 9.24. The van der Waals surface area contributed by atoms with Crippen LogP contribution in [-0.4, -0.2) is 37.6 Å². The first-order chi connectivity index (χ1) is 17.8. The Kier molecular flexibility index (Phi) is 7.88. The number of benzene rings is 3. The molecule has 1 unspecified atom stereocenters. The van der Waals surface area contributed by atoms with Crippen LogP contribution in [0.25, 0.3) is 5.76 Å². The lowest BCUT2D eigenvalue weighted by atomic mass is 9.94. The fourth-order valence-corrected chi connectivity index (χ4v) is 4.95. The number of aryl methyl sites for hydroxylation is 1. The highest BCUT2D eigenvalue weighted by molar-refractivity contribution is 9.10. The van der Waals surface area contributed by atoms with E-state index in [0.717, 1.165) is 12.0 Å². The number of methoxy groups -OCH3 is 2. The fourth-order valence-electron chi connectivity index (χ4n) is 4.41. The van der Waals surface area contributed by atoms with Crippen molar-refractivity contribution in [3.8, 4) is 17.2 Å². The minimum absolute atomic E-state index is 0.0192. The topological polar surface area (TPSA) is 85.3 Å². The molecule has 1 amide bonds. The molecule has 7 nitrogen and oxygen atoms in total. The predicted molar refractivity (Wildman–Crippen MR) is 145 cm³/mol. The predicted octanol–water partition coefficient (Wildman–Crippen LogP) is 6.05. The van der Waals surface area contributed by atoms with Crippen LogP contribution in [-0.2, 0) is 16.0 Å². The molecule has 0 bridgehead atoms. The highest BCUT2D eigenvalue weighted by Crippen LogP contribution is 2.44. The maximum Gasteiger partial charge on any atom is 0.300 e. The van der Waals surface area contributed by atoms with Crippen LogP contribution in [0.15, 0.2) is 70.7 Å². The Morgan fingerprint density at radius 3 is 2.19 bits per heavy atom. The lowest BCUT2D eigenvalue weighted by molar-refractivity contribution is -0.132. The van der Waals surface area contributed by atoms with Crippen molar-refractivity contribution in [2.45, 2.75) is 26.3 Å². The molecule has 8 heteroatoms. The van der Waals surface area contributed by atoms with Crippen molar-refractivity contribution in [2.24, 2.45) is 0 Å². The molecule has 1 fully saturated rings. The number of ether oxygens (including phenoxy) is 3. The van der Waals surface area contributed by atoms with E-state index in [1.165, 1.54) is 12.0 Å². The van der Waals surface area contributed by atoms with Gasteiger partial charge in [0.05, 0.1) is 36.9 Å². The SMILES string of the molecule is CCOc1cc(C2/C(=C(/O)c3ccc(OC)c(Br)c3)C(=O)C(=O)N2c2ccc(CC)cc2)ccc1OC. The normalized spacial score (nSPS) is 16.7. The third-order valence-electron chi connectivity index (χ3n) is 6.30. The second kappa shape index (κ2) is 11.1. The van der Waals surface area contributed by atoms with Crippen LogP contribution in [0.4, 0.5) is 5.69 Å². The standard InChI is InChI=1S/C29H28BrNO6/c1-5-17-7-11-20(12-8-17)31-26(18-9-14-23(36-4)24(16-18)37-6-2)25(28(33)29(31)34)27(32)19-10-13-22(35-3)21(30)15-19/h7-16,26,32H,5-6H2,1-4H3/b27-25-. The summed E-state index contributed by atoms with van der Waals surface area (Å²) in [7, 11) is 3.08. The number of aliphatic hydroxyl groups is 1. The van der Waals surface area contributed by atoms with Crippen molar-refractivity contribution >= 4 is 39.1 Å². The van der Waals surface area contributed by atoms with Gasteiger partial charge in [-0.15, -0.1) is 0 Å². The average Bonchev–Trinajstić information content (AvgIpc) is 3.18. The van der Waals surface area contributed by atoms with Gasteiger partial charge in [-0.2, -0.15) is 0 Å². The molecule has 192 valence electrons. The first kappa shape index (κ1) is 26.3. The summed E-state index contributed by atoms with van der Waals surface area (Å²) < 4.78 is 17.1. The van der Waals surface area contributed by atoms with Gasteiger partial charge in [-0.3, -0.25) is 14.5 Å². The van der Waals surface area contributed by atoms with Crippen molar-refractivity contribution in [1.82, 2.24) is 0 Å². The maximum absolute atomic E-state index is 13.5. The van der Waals surface area contributed by atoms with Gasteiger partial charge in [0.15, 0.2) is 11.5 Å². The highest BCUT2D eigenvalue weighted by Gasteiger charge is 2.47. The molecule has 1 N–H and O–H groups in total. The largest absolute Gasteiger partial charge is 0.507 e. The van der Waals surface area contributed by atoms with Crippen molar-refractivity contribution in [2.75, 3.05) is 25.7 Å². The molecule has 3 aromatic carbocycles. The Hall–Kier alpha value is -3.78. The number of anilines is 1. The minimum atomic E-state index is -0.890. The van der Waals surface area contributed by atoms with E-state index in [1.54, 1.807) is 43.5 Å². The van der Waals surface area contributed by atoms with E-state index in [-0.39, 0.29) is 11.3 Å². The zero-order valence-electron chi connectivity index (χ0n) is 21.1. The van der Waals surface area contributed by atoms with Crippen LogP contribution < -0.4 is 19.1 Å². The van der Waals surface area contributed by atoms with E-state index in [9.17, 15) is 14.7 Å². The number of ketones is 1. The Balaban J connectivity index is 1.95. The van der Waals surface area contributed by atoms with Gasteiger partial charge in [0, 0.05) is 11.3 Å². The number of hydrogen-bond acceptors (Lipinski definition) is 6. The highest BCUT2D eigenvalue weighted by atomic mass is 79.9. The fraction of sp³-hybridized carbons (Fsp3) is 0.241. The van der Waals surface area contributed by atoms with Gasteiger partial charge in [-0.25, -0.2) is 0 Å². The molecule has 0 aromatic heterocycles. The van der Waals surface area contributed by atoms with E-state index in [2.05, 4.69) is 15.9 Å². The quantitative estimate of drug-likeness (QED) is 0.203. The average molecular weight is 566 g/mol. The molecule has 0 spiro atoms. The molecule has 0 aliphatic carbocycles. The van der Waals surface area contributed by atoms with Crippen molar-refractivity contribution in [3.63, 3.8) is 0 Å². The maximum atomic E-state index is 13.5. The monoisotopic (exact) mass is 565 g/mol. The molecule has 37 heavy (non-hydrogen) atoms. The molecule has 1 saturated heterocycles. The van der Waals surface area contributed by atoms with E-state index in [1.807, 2.05) is 38.1 Å². The third kappa shape index (κ3) is 4.93. The first-order valence-electron chi connectivity index (χ1n) is 11.9. The van der Waals surface area contributed by atoms with Crippen LogP contribution in [0.2, 0.25) is 0 Å². The number of rotatable bonds is 8. The summed E-state index contributed by atoms with van der Waals surface area (Å²) in [6.45, 7) is 4.30. The summed E-state index contributed by atoms with van der Waals surface area (Å²) >= 11 is 3.42. The molecule has 1 aliphatic heterocycles. The molecule has 1 atom stereocenters. The molecule has 3 aromatic rings. The van der Waals surface area contributed by atoms with Crippen molar-refractivity contribution in [1.29, 1.82) is 0 Å². The van der Waals surface area contributed by atoms with Crippen molar-refractivity contribution < 1.29 is 28.9 Å². The lowest BCUT2D eigenvalue weighted by Gasteiger charge is -2.26. The third-order valence-corrected chi connectivity index (χ3v) is 6.92. The van der Waals surface area contributed by atoms with Crippen LogP contribution in [0, 0.1) is 0 Å². The first-order valence-corrected chi connectivity index (χ1v) is 12.7. The molecule has 0 saturated carbocycles. The summed E-state index contributed by atoms with van der Waals surface area (Å²) in [5, 5.41) is 11.4. The van der Waals surface area contributed by atoms with Gasteiger partial charge >= 0.3 is 0 Å². The number of halogens is 1. The van der Waals surface area contributed by atoms with E-state index in [0.29, 0.717) is 45.1 Å². The van der Waals surface area contributed by atoms with Gasteiger partial charge in [0.25, 0.3) is 11.7 Å². The lowest BCUT2D eigenvalue weighted by Crippen LogP contribution is -2.29. The molecule has 1 aliphatic rings. The summed E-state index contributed by atoms with van der Waals surface area (Å²) in [4.78, 5) is 28.3. The Morgan fingerprint density at radius 1 is 0.919 bits per heavy atom. The van der Waals surface area contributed by atoms with Crippen LogP contribution in [0.5, 0.6) is 17.2 Å². The molecule has 4 rings (SSSR count). The molecule has 1 heterocycles. The Bertz CT molecular complexity index is 1370. The number of Topliss-reactive ketones (excluding diaryl/α,β-unsaturated/α-hetero) is 1. The van der Waals surface area contributed by atoms with Crippen LogP contribution >= 0.6 is 15.9 Å². The molecular weight excluding hydrogens is 538 g/mol. The Morgan fingerprint density at radius 2 is 1.59 bits per heavy atom. The molecular formula is C29H28BrNO6. The van der Waals surface area contributed by atoms with Gasteiger partial charge in [-0.1, -0.05) is 25.1 Å². The number of aliphatic hydroxyl groups excluding tert-OH is 1. The van der Waals surface area contributed by atoms with Crippen molar-refractivity contribution in [3.05, 3.63) is 87.4 Å². The van der Waals surface area contributed by atoms with Gasteiger partial charge in [0.1, 0.15) is 11.5 Å². The van der Waals surface area contributed by atoms with Crippen LogP contribution in [0.3, 0.4) is 0 Å². The summed E-state index contributed by atoms with van der Waals surface area (Å²) in [5.41, 5.74) is 2.60. The van der Waals surface area contributed by atoms with Crippen LogP contribution in [0.1, 0.15) is 36.6 Å². The summed E-state index contributed by atoms with van der Waals surface area (Å²) in [5.74, 6) is -0.218. The number of carbonyl (C=O) groups is 2. The number of hydrogen-bond donors (Lipinski definition) is 1. The number of amides is 1. The number of carbonyl (C=O) groups excluding carboxylic acids is 2. The van der Waals surface area contributed by atoms with E-state index < -0.39 is 17.7 Å². The zero-order valence-corrected chi connectivity index (χ0v) is 22.7. The summed E-state index contributed by atoms with van der Waals surface area (Å²) in [6.07, 6.45) is 0.838. The van der Waals surface area contributed by atoms with E-state index in [4.69, 9.17) is 14.2 Å². The van der Waals surface area contributed by atoms with Gasteiger partial charge in [0.2, 0.25) is 0 Å². The Labute approximate surface area is 224 Å². The molecule has 0 radical (unpaired) electrons. The van der Waals surface area contributed by atoms with Gasteiger partial charge < -0.3 is 19.3 Å². The summed E-state index contributed by atoms with van der Waals surface area (Å²) in [6, 6.07) is 16.8. The second-order valence-electron chi connectivity index (χ2n) is 8.38. The minimum Gasteiger partial charge on any atom is -0.507 e. The smallest absolute Gasteiger partial charge is 0.300 e.